The van der Waals surface area contributed by atoms with Crippen LogP contribution in [0.25, 0.3) is 0 Å². The number of ether oxygens (including phenoxy) is 3. The zero-order valence-electron chi connectivity index (χ0n) is 22.9. The maximum absolute atomic E-state index is 14.1. The minimum absolute atomic E-state index is 0.0874. The van der Waals surface area contributed by atoms with Crippen molar-refractivity contribution in [2.24, 2.45) is 46.8 Å². The largest absolute Gasteiger partial charge is 0.465 e. The van der Waals surface area contributed by atoms with Crippen LogP contribution in [-0.4, -0.2) is 53.9 Å². The molecule has 0 heterocycles. The Hall–Kier alpha value is -1.82. The lowest BCUT2D eigenvalue weighted by Gasteiger charge is -2.63. The van der Waals surface area contributed by atoms with Gasteiger partial charge >= 0.3 is 33.3 Å². The Kier molecular flexibility index (Phi) is 6.43. The van der Waals surface area contributed by atoms with Gasteiger partial charge in [0.05, 0.1) is 5.41 Å². The minimum Gasteiger partial charge on any atom is -0.456 e. The van der Waals surface area contributed by atoms with Gasteiger partial charge in [0, 0.05) is 11.8 Å². The molecular weight excluding hydrogens is 550 g/mol. The van der Waals surface area contributed by atoms with Crippen molar-refractivity contribution >= 4 is 28.0 Å². The minimum atomic E-state index is -6.00. The molecule has 12 heteroatoms. The lowest BCUT2D eigenvalue weighted by Crippen LogP contribution is -2.65. The van der Waals surface area contributed by atoms with E-state index in [1.807, 2.05) is 6.92 Å². The molecule has 2 atom stereocenters. The van der Waals surface area contributed by atoms with Crippen molar-refractivity contribution in [3.63, 3.8) is 0 Å². The fourth-order valence-electron chi connectivity index (χ4n) is 10.3. The second-order valence-electron chi connectivity index (χ2n) is 13.9. The molecule has 0 aromatic rings. The van der Waals surface area contributed by atoms with E-state index in [4.69, 9.17) is 18.8 Å². The number of carbonyl (C=O) groups is 3. The number of hydrogen-bond donors (Lipinski definition) is 1. The van der Waals surface area contributed by atoms with Gasteiger partial charge in [-0.25, -0.2) is 9.59 Å². The third kappa shape index (κ3) is 4.13. The van der Waals surface area contributed by atoms with Crippen LogP contribution in [0.15, 0.2) is 0 Å². The second kappa shape index (κ2) is 9.09. The van der Waals surface area contributed by atoms with Crippen molar-refractivity contribution < 1.29 is 50.3 Å². The molecule has 1 N–H and O–H groups in total. The standard InChI is InChI=1S/C28H38F2O9S/c1-3-27(39-24(33)28(29,30)40(34,35)36)20-9-17-10-21(27)13-26(11-17,12-20)23(32)37-14-22(31)38-25(2)18-5-15-4-16(7-18)8-19(25)6-15/h15-21H,3-14H2,1-2H3,(H,34,35,36). The number of carbonyl (C=O) groups excluding carboxylic acids is 3. The lowest BCUT2D eigenvalue weighted by atomic mass is 9.44. The van der Waals surface area contributed by atoms with E-state index in [-0.39, 0.29) is 25.2 Å². The highest BCUT2D eigenvalue weighted by Crippen LogP contribution is 2.66. The molecule has 9 nitrogen and oxygen atoms in total. The van der Waals surface area contributed by atoms with Crippen molar-refractivity contribution in [3.8, 4) is 0 Å². The Morgan fingerprint density at radius 2 is 1.38 bits per heavy atom. The summed E-state index contributed by atoms with van der Waals surface area (Å²) in [5.74, 6) is -2.11. The average molecular weight is 589 g/mol. The molecule has 8 fully saturated rings. The number of hydrogen-bond acceptors (Lipinski definition) is 8. The Bertz CT molecular complexity index is 1170. The van der Waals surface area contributed by atoms with Gasteiger partial charge in [-0.2, -0.15) is 17.2 Å². The average Bonchev–Trinajstić information content (AvgIpc) is 2.86. The highest BCUT2D eigenvalue weighted by Gasteiger charge is 2.68. The molecule has 0 spiro atoms. The molecule has 0 aliphatic heterocycles. The zero-order chi connectivity index (χ0) is 28.9. The number of alkyl halides is 2. The van der Waals surface area contributed by atoms with E-state index in [1.54, 1.807) is 6.92 Å². The summed E-state index contributed by atoms with van der Waals surface area (Å²) in [5.41, 5.74) is -2.84. The van der Waals surface area contributed by atoms with Gasteiger partial charge in [-0.05, 0) is 107 Å². The zero-order valence-corrected chi connectivity index (χ0v) is 23.7. The SMILES string of the molecule is CCC1(OC(=O)C(F)(F)S(=O)(=O)O)C2CC3CC1CC(C(=O)OCC(=O)OC1(C)C4CC5CC(C4)CC1C5)(C3)C2. The molecule has 8 rings (SSSR count). The number of halogens is 2. The van der Waals surface area contributed by atoms with Crippen LogP contribution >= 0.6 is 0 Å². The van der Waals surface area contributed by atoms with Crippen molar-refractivity contribution in [2.75, 3.05) is 6.61 Å². The Morgan fingerprint density at radius 3 is 1.88 bits per heavy atom. The van der Waals surface area contributed by atoms with Crippen LogP contribution in [0.3, 0.4) is 0 Å². The van der Waals surface area contributed by atoms with Gasteiger partial charge < -0.3 is 14.2 Å². The highest BCUT2D eigenvalue weighted by molar-refractivity contribution is 7.87. The Balaban J connectivity index is 1.11. The van der Waals surface area contributed by atoms with Crippen LogP contribution in [0.4, 0.5) is 8.78 Å². The summed E-state index contributed by atoms with van der Waals surface area (Å²) < 4.78 is 76.1. The molecule has 0 radical (unpaired) electrons. The van der Waals surface area contributed by atoms with Crippen molar-refractivity contribution in [1.82, 2.24) is 0 Å². The first kappa shape index (κ1) is 28.3. The van der Waals surface area contributed by atoms with E-state index in [9.17, 15) is 31.6 Å². The molecule has 2 unspecified atom stereocenters. The van der Waals surface area contributed by atoms with Gasteiger partial charge in [-0.15, -0.1) is 0 Å². The van der Waals surface area contributed by atoms with Crippen LogP contribution < -0.4 is 0 Å². The normalized spacial score (nSPS) is 44.9. The number of rotatable bonds is 8. The van der Waals surface area contributed by atoms with Crippen LogP contribution in [0.1, 0.15) is 84.5 Å². The summed E-state index contributed by atoms with van der Waals surface area (Å²) in [7, 11) is -6.00. The molecule has 224 valence electrons. The predicted octanol–water partition coefficient (Wildman–Crippen LogP) is 4.29. The van der Waals surface area contributed by atoms with Crippen molar-refractivity contribution in [2.45, 2.75) is 101 Å². The van der Waals surface area contributed by atoms with E-state index in [2.05, 4.69) is 0 Å². The second-order valence-corrected chi connectivity index (χ2v) is 15.3. The third-order valence-electron chi connectivity index (χ3n) is 11.8. The molecular formula is C28H38F2O9S. The van der Waals surface area contributed by atoms with E-state index >= 15 is 0 Å². The maximum atomic E-state index is 14.1. The van der Waals surface area contributed by atoms with Crippen LogP contribution in [-0.2, 0) is 38.7 Å². The van der Waals surface area contributed by atoms with Gasteiger partial charge in [0.25, 0.3) is 0 Å². The quantitative estimate of drug-likeness (QED) is 0.250. The summed E-state index contributed by atoms with van der Waals surface area (Å²) in [5, 5.41) is -5.09. The summed E-state index contributed by atoms with van der Waals surface area (Å²) >= 11 is 0. The van der Waals surface area contributed by atoms with Gasteiger partial charge in [0.15, 0.2) is 6.61 Å². The molecule has 8 saturated carbocycles. The van der Waals surface area contributed by atoms with Crippen molar-refractivity contribution in [3.05, 3.63) is 0 Å². The van der Waals surface area contributed by atoms with Crippen LogP contribution in [0.2, 0.25) is 0 Å². The molecule has 0 amide bonds. The lowest BCUT2D eigenvalue weighted by molar-refractivity contribution is -0.239. The van der Waals surface area contributed by atoms with Crippen LogP contribution in [0.5, 0.6) is 0 Å². The number of esters is 3. The summed E-state index contributed by atoms with van der Waals surface area (Å²) in [4.78, 5) is 38.7. The summed E-state index contributed by atoms with van der Waals surface area (Å²) in [6.07, 6.45) is 7.77. The van der Waals surface area contributed by atoms with E-state index in [0.29, 0.717) is 31.1 Å². The maximum Gasteiger partial charge on any atom is 0.465 e. The molecule has 40 heavy (non-hydrogen) atoms. The molecule has 0 aromatic carbocycles. The molecule has 8 aliphatic carbocycles. The van der Waals surface area contributed by atoms with Gasteiger partial charge in [-0.1, -0.05) is 6.92 Å². The highest BCUT2D eigenvalue weighted by atomic mass is 32.2. The van der Waals surface area contributed by atoms with E-state index in [1.165, 1.54) is 6.42 Å². The third-order valence-corrected chi connectivity index (χ3v) is 12.6. The molecule has 0 saturated heterocycles. The predicted molar refractivity (Wildman–Crippen MR) is 134 cm³/mol. The van der Waals surface area contributed by atoms with E-state index in [0.717, 1.165) is 37.5 Å². The van der Waals surface area contributed by atoms with Gasteiger partial charge in [0.2, 0.25) is 0 Å². The van der Waals surface area contributed by atoms with Gasteiger partial charge in [-0.3, -0.25) is 9.35 Å². The Labute approximate surface area is 232 Å². The first-order chi connectivity index (χ1) is 18.6. The fraction of sp³-hybridized carbons (Fsp3) is 0.893. The van der Waals surface area contributed by atoms with Gasteiger partial charge in [0.1, 0.15) is 11.2 Å². The monoisotopic (exact) mass is 588 g/mol. The van der Waals surface area contributed by atoms with E-state index < -0.39 is 68.3 Å². The first-order valence-electron chi connectivity index (χ1n) is 14.6. The smallest absolute Gasteiger partial charge is 0.456 e. The molecule has 8 aliphatic rings. The fourth-order valence-corrected chi connectivity index (χ4v) is 10.6. The first-order valence-corrected chi connectivity index (χ1v) is 16.0. The Morgan fingerprint density at radius 1 is 0.850 bits per heavy atom. The molecule has 8 bridgehead atoms. The van der Waals surface area contributed by atoms with Crippen LogP contribution in [0, 0.1) is 46.8 Å². The summed E-state index contributed by atoms with van der Waals surface area (Å²) in [6.45, 7) is 3.21. The van der Waals surface area contributed by atoms with Crippen molar-refractivity contribution in [1.29, 1.82) is 0 Å². The topological polar surface area (TPSA) is 133 Å². The summed E-state index contributed by atoms with van der Waals surface area (Å²) in [6, 6.07) is 0. The molecule has 0 aromatic heterocycles.